The van der Waals surface area contributed by atoms with Gasteiger partial charge < -0.3 is 9.52 Å². The molecular formula is C8H6FNO2. The van der Waals surface area contributed by atoms with Crippen LogP contribution < -0.4 is 0 Å². The average molecular weight is 167 g/mol. The molecule has 1 aromatic carbocycles. The number of rotatable bonds is 1. The van der Waals surface area contributed by atoms with Gasteiger partial charge in [0.2, 0.25) is 5.89 Å². The first kappa shape index (κ1) is 7.24. The van der Waals surface area contributed by atoms with Crippen LogP contribution in [0.4, 0.5) is 4.39 Å². The third-order valence-electron chi connectivity index (χ3n) is 1.55. The second-order valence-electron chi connectivity index (χ2n) is 2.35. The molecule has 3 nitrogen and oxygen atoms in total. The second-order valence-corrected chi connectivity index (χ2v) is 2.35. The van der Waals surface area contributed by atoms with Crippen molar-refractivity contribution in [2.45, 2.75) is 6.61 Å². The van der Waals surface area contributed by atoms with Gasteiger partial charge in [-0.05, 0) is 12.1 Å². The maximum Gasteiger partial charge on any atom is 0.221 e. The molecule has 0 atom stereocenters. The van der Waals surface area contributed by atoms with Crippen LogP contribution in [0.1, 0.15) is 5.89 Å². The summed E-state index contributed by atoms with van der Waals surface area (Å²) in [5.74, 6) is -0.324. The van der Waals surface area contributed by atoms with Crippen LogP contribution in [-0.4, -0.2) is 10.1 Å². The predicted molar refractivity (Wildman–Crippen MR) is 39.9 cm³/mol. The van der Waals surface area contributed by atoms with Gasteiger partial charge in [-0.25, -0.2) is 9.37 Å². The SMILES string of the molecule is OCc1nc2cccc(F)c2o1. The molecule has 0 fully saturated rings. The van der Waals surface area contributed by atoms with Gasteiger partial charge in [0.05, 0.1) is 0 Å². The van der Waals surface area contributed by atoms with Crippen LogP contribution >= 0.6 is 0 Å². The Morgan fingerprint density at radius 3 is 3.00 bits per heavy atom. The van der Waals surface area contributed by atoms with Gasteiger partial charge in [0.1, 0.15) is 12.1 Å². The molecule has 0 unspecified atom stereocenters. The average Bonchev–Trinajstić information content (AvgIpc) is 2.49. The Balaban J connectivity index is 2.74. The Kier molecular flexibility index (Phi) is 1.55. The minimum absolute atomic E-state index is 0.0987. The quantitative estimate of drug-likeness (QED) is 0.699. The van der Waals surface area contributed by atoms with Crippen LogP contribution in [0.15, 0.2) is 22.6 Å². The smallest absolute Gasteiger partial charge is 0.221 e. The zero-order valence-electron chi connectivity index (χ0n) is 6.12. The first-order valence-corrected chi connectivity index (χ1v) is 3.46. The molecule has 0 saturated carbocycles. The van der Waals surface area contributed by atoms with E-state index in [1.165, 1.54) is 6.07 Å². The van der Waals surface area contributed by atoms with Gasteiger partial charge in [-0.1, -0.05) is 6.07 Å². The molecule has 0 aliphatic carbocycles. The van der Waals surface area contributed by atoms with Gasteiger partial charge in [-0.3, -0.25) is 0 Å². The second kappa shape index (κ2) is 2.57. The Morgan fingerprint density at radius 2 is 2.33 bits per heavy atom. The van der Waals surface area contributed by atoms with Crippen LogP contribution in [0.25, 0.3) is 11.1 Å². The van der Waals surface area contributed by atoms with Crippen molar-refractivity contribution < 1.29 is 13.9 Å². The van der Waals surface area contributed by atoms with Gasteiger partial charge >= 0.3 is 0 Å². The van der Waals surface area contributed by atoms with Gasteiger partial charge in [0.25, 0.3) is 0 Å². The number of aromatic nitrogens is 1. The van der Waals surface area contributed by atoms with Crippen molar-refractivity contribution in [3.05, 3.63) is 29.9 Å². The Bertz CT molecular complexity index is 410. The summed E-state index contributed by atoms with van der Waals surface area (Å²) >= 11 is 0. The van der Waals surface area contributed by atoms with E-state index in [1.807, 2.05) is 0 Å². The topological polar surface area (TPSA) is 46.3 Å². The number of hydrogen-bond donors (Lipinski definition) is 1. The van der Waals surface area contributed by atoms with E-state index in [0.717, 1.165) is 0 Å². The molecule has 0 bridgehead atoms. The fourth-order valence-electron chi connectivity index (χ4n) is 1.03. The molecule has 1 aromatic heterocycles. The minimum atomic E-state index is -0.459. The van der Waals surface area contributed by atoms with Crippen LogP contribution in [0.2, 0.25) is 0 Å². The normalized spacial score (nSPS) is 10.8. The van der Waals surface area contributed by atoms with E-state index in [-0.39, 0.29) is 18.1 Å². The Labute approximate surface area is 67.5 Å². The minimum Gasteiger partial charge on any atom is -0.435 e. The molecule has 0 aliphatic rings. The number of aliphatic hydroxyl groups is 1. The molecule has 62 valence electrons. The lowest BCUT2D eigenvalue weighted by molar-refractivity contribution is 0.243. The van der Waals surface area contributed by atoms with E-state index in [9.17, 15) is 4.39 Å². The standard InChI is InChI=1S/C8H6FNO2/c9-5-2-1-3-6-8(5)12-7(4-11)10-6/h1-3,11H,4H2. The van der Waals surface area contributed by atoms with Crippen LogP contribution in [0.3, 0.4) is 0 Å². The lowest BCUT2D eigenvalue weighted by Gasteiger charge is -1.85. The largest absolute Gasteiger partial charge is 0.435 e. The van der Waals surface area contributed by atoms with Crippen molar-refractivity contribution in [1.29, 1.82) is 0 Å². The zero-order chi connectivity index (χ0) is 8.55. The van der Waals surface area contributed by atoms with Crippen molar-refractivity contribution in [3.8, 4) is 0 Å². The van der Waals surface area contributed by atoms with Gasteiger partial charge in [-0.15, -0.1) is 0 Å². The van der Waals surface area contributed by atoms with E-state index in [2.05, 4.69) is 4.98 Å². The summed E-state index contributed by atoms with van der Waals surface area (Å²) in [7, 11) is 0. The number of fused-ring (bicyclic) bond motifs is 1. The van der Waals surface area contributed by atoms with Gasteiger partial charge in [0, 0.05) is 0 Å². The van der Waals surface area contributed by atoms with Crippen LogP contribution in [0, 0.1) is 5.82 Å². The first-order valence-electron chi connectivity index (χ1n) is 3.46. The third-order valence-corrected chi connectivity index (χ3v) is 1.55. The molecular weight excluding hydrogens is 161 g/mol. The summed E-state index contributed by atoms with van der Waals surface area (Å²) in [5, 5.41) is 8.65. The van der Waals surface area contributed by atoms with E-state index in [1.54, 1.807) is 12.1 Å². The summed E-state index contributed by atoms with van der Waals surface area (Å²) in [6, 6.07) is 4.46. The first-order chi connectivity index (χ1) is 5.81. The Morgan fingerprint density at radius 1 is 1.50 bits per heavy atom. The number of oxazole rings is 1. The van der Waals surface area contributed by atoms with E-state index < -0.39 is 5.82 Å². The maximum atomic E-state index is 12.9. The van der Waals surface area contributed by atoms with Crippen molar-refractivity contribution in [2.24, 2.45) is 0 Å². The van der Waals surface area contributed by atoms with Gasteiger partial charge in [-0.2, -0.15) is 0 Å². The number of para-hydroxylation sites is 1. The molecule has 0 spiro atoms. The van der Waals surface area contributed by atoms with Crippen LogP contribution in [-0.2, 0) is 6.61 Å². The van der Waals surface area contributed by atoms with E-state index >= 15 is 0 Å². The Hall–Kier alpha value is -1.42. The highest BCUT2D eigenvalue weighted by atomic mass is 19.1. The molecule has 4 heteroatoms. The monoisotopic (exact) mass is 167 g/mol. The summed E-state index contributed by atoms with van der Waals surface area (Å²) in [6.07, 6.45) is 0. The summed E-state index contributed by atoms with van der Waals surface area (Å²) in [4.78, 5) is 3.84. The molecule has 0 saturated heterocycles. The predicted octanol–water partition coefficient (Wildman–Crippen LogP) is 1.46. The molecule has 1 N–H and O–H groups in total. The molecule has 1 heterocycles. The number of hydrogen-bond acceptors (Lipinski definition) is 3. The summed E-state index contributed by atoms with van der Waals surface area (Å²) in [6.45, 7) is -0.311. The van der Waals surface area contributed by atoms with Crippen molar-refractivity contribution in [2.75, 3.05) is 0 Å². The van der Waals surface area contributed by atoms with E-state index in [4.69, 9.17) is 9.52 Å². The third kappa shape index (κ3) is 0.967. The summed E-state index contributed by atoms with van der Waals surface area (Å²) in [5.41, 5.74) is 0.528. The van der Waals surface area contributed by atoms with Crippen LogP contribution in [0.5, 0.6) is 0 Å². The highest BCUT2D eigenvalue weighted by Gasteiger charge is 2.07. The van der Waals surface area contributed by atoms with Crippen molar-refractivity contribution in [3.63, 3.8) is 0 Å². The molecule has 0 amide bonds. The maximum absolute atomic E-state index is 12.9. The molecule has 12 heavy (non-hydrogen) atoms. The molecule has 2 aromatic rings. The highest BCUT2D eigenvalue weighted by Crippen LogP contribution is 2.18. The number of benzene rings is 1. The lowest BCUT2D eigenvalue weighted by atomic mass is 10.3. The highest BCUT2D eigenvalue weighted by molar-refractivity contribution is 5.72. The zero-order valence-corrected chi connectivity index (χ0v) is 6.12. The molecule has 0 aliphatic heterocycles. The fraction of sp³-hybridized carbons (Fsp3) is 0.125. The number of aliphatic hydroxyl groups excluding tert-OH is 1. The molecule has 0 radical (unpaired) electrons. The number of halogens is 1. The summed E-state index contributed by atoms with van der Waals surface area (Å²) < 4.78 is 17.8. The van der Waals surface area contributed by atoms with Crippen molar-refractivity contribution in [1.82, 2.24) is 4.98 Å². The van der Waals surface area contributed by atoms with Gasteiger partial charge in [0.15, 0.2) is 11.4 Å². The fourth-order valence-corrected chi connectivity index (χ4v) is 1.03. The van der Waals surface area contributed by atoms with Crippen molar-refractivity contribution >= 4 is 11.1 Å². The molecule has 2 rings (SSSR count). The lowest BCUT2D eigenvalue weighted by Crippen LogP contribution is -1.78. The number of nitrogens with zero attached hydrogens (tertiary/aromatic N) is 1. The van der Waals surface area contributed by atoms with E-state index in [0.29, 0.717) is 5.52 Å².